The molecule has 2 nitrogen and oxygen atoms in total. The summed E-state index contributed by atoms with van der Waals surface area (Å²) in [7, 11) is 0. The molecule has 0 aliphatic rings. The van der Waals surface area contributed by atoms with Gasteiger partial charge in [0.25, 0.3) is 0 Å². The first-order valence-corrected chi connectivity index (χ1v) is 12.9. The molecule has 0 saturated carbocycles. The van der Waals surface area contributed by atoms with Crippen molar-refractivity contribution in [2.75, 3.05) is 13.2 Å². The maximum absolute atomic E-state index is 6.13. The fourth-order valence-corrected chi connectivity index (χ4v) is 3.52. The van der Waals surface area contributed by atoms with Crippen LogP contribution in [0.3, 0.4) is 0 Å². The van der Waals surface area contributed by atoms with Crippen LogP contribution in [-0.2, 0) is 4.74 Å². The lowest BCUT2D eigenvalue weighted by atomic mass is 10.1. The molecule has 0 aromatic rings. The summed E-state index contributed by atoms with van der Waals surface area (Å²) in [6.07, 6.45) is 32.6. The summed E-state index contributed by atoms with van der Waals surface area (Å²) in [5.74, 6) is 0. The van der Waals surface area contributed by atoms with E-state index >= 15 is 0 Å². The first-order chi connectivity index (χ1) is 14.3. The maximum atomic E-state index is 6.13. The SMILES string of the molecule is CCCCCC=CCC=CCCCCCCCCOC[C@@H](N)CCCCCCC. The zero-order valence-corrected chi connectivity index (χ0v) is 20.0. The highest BCUT2D eigenvalue weighted by molar-refractivity contribution is 4.92. The Morgan fingerprint density at radius 3 is 1.83 bits per heavy atom. The average Bonchev–Trinajstić information content (AvgIpc) is 2.72. The Hall–Kier alpha value is -0.600. The van der Waals surface area contributed by atoms with E-state index in [0.717, 1.165) is 26.1 Å². The fourth-order valence-electron chi connectivity index (χ4n) is 3.52. The van der Waals surface area contributed by atoms with E-state index in [1.54, 1.807) is 0 Å². The summed E-state index contributed by atoms with van der Waals surface area (Å²) in [5.41, 5.74) is 6.13. The van der Waals surface area contributed by atoms with Crippen molar-refractivity contribution in [3.8, 4) is 0 Å². The topological polar surface area (TPSA) is 35.2 Å². The molecule has 0 radical (unpaired) electrons. The number of rotatable bonds is 23. The quantitative estimate of drug-likeness (QED) is 0.136. The zero-order valence-electron chi connectivity index (χ0n) is 20.0. The highest BCUT2D eigenvalue weighted by atomic mass is 16.5. The Labute approximate surface area is 183 Å². The Balaban J connectivity index is 3.20. The molecule has 0 bridgehead atoms. The van der Waals surface area contributed by atoms with Crippen LogP contribution in [-0.4, -0.2) is 19.3 Å². The first kappa shape index (κ1) is 28.4. The fraction of sp³-hybridized carbons (Fsp3) is 0.852. The largest absolute Gasteiger partial charge is 0.380 e. The Morgan fingerprint density at radius 2 is 1.14 bits per heavy atom. The van der Waals surface area contributed by atoms with Gasteiger partial charge >= 0.3 is 0 Å². The van der Waals surface area contributed by atoms with Crippen molar-refractivity contribution in [2.24, 2.45) is 5.73 Å². The molecule has 0 aliphatic carbocycles. The van der Waals surface area contributed by atoms with Gasteiger partial charge in [-0.1, -0.05) is 109 Å². The molecule has 0 unspecified atom stereocenters. The van der Waals surface area contributed by atoms with Crippen molar-refractivity contribution in [2.45, 2.75) is 135 Å². The third kappa shape index (κ3) is 25.4. The van der Waals surface area contributed by atoms with Crippen molar-refractivity contribution in [3.63, 3.8) is 0 Å². The number of hydrogen-bond donors (Lipinski definition) is 1. The Kier molecular flexibility index (Phi) is 24.9. The lowest BCUT2D eigenvalue weighted by Crippen LogP contribution is -2.26. The molecule has 0 saturated heterocycles. The van der Waals surface area contributed by atoms with Crippen molar-refractivity contribution >= 4 is 0 Å². The van der Waals surface area contributed by atoms with Crippen LogP contribution in [0, 0.1) is 0 Å². The van der Waals surface area contributed by atoms with E-state index in [0.29, 0.717) is 0 Å². The van der Waals surface area contributed by atoms with Gasteiger partial charge < -0.3 is 10.5 Å². The van der Waals surface area contributed by atoms with E-state index in [9.17, 15) is 0 Å². The molecule has 0 heterocycles. The minimum Gasteiger partial charge on any atom is -0.380 e. The van der Waals surface area contributed by atoms with Crippen molar-refractivity contribution in [1.29, 1.82) is 0 Å². The first-order valence-electron chi connectivity index (χ1n) is 12.9. The molecule has 0 rings (SSSR count). The number of ether oxygens (including phenoxy) is 1. The zero-order chi connectivity index (χ0) is 21.3. The molecule has 172 valence electrons. The van der Waals surface area contributed by atoms with Crippen LogP contribution in [0.25, 0.3) is 0 Å². The average molecular weight is 408 g/mol. The van der Waals surface area contributed by atoms with Crippen LogP contribution in [0.1, 0.15) is 129 Å². The molecule has 0 fully saturated rings. The highest BCUT2D eigenvalue weighted by Gasteiger charge is 2.02. The molecule has 0 amide bonds. The second kappa shape index (κ2) is 25.4. The van der Waals surface area contributed by atoms with Gasteiger partial charge in [0.05, 0.1) is 6.61 Å². The number of nitrogens with two attached hydrogens (primary N) is 1. The molecule has 0 aromatic carbocycles. The summed E-state index contributed by atoms with van der Waals surface area (Å²) in [5, 5.41) is 0. The van der Waals surface area contributed by atoms with Crippen LogP contribution >= 0.6 is 0 Å². The van der Waals surface area contributed by atoms with Gasteiger partial charge in [-0.3, -0.25) is 0 Å². The van der Waals surface area contributed by atoms with Crippen LogP contribution in [0.4, 0.5) is 0 Å². The van der Waals surface area contributed by atoms with Crippen LogP contribution in [0.15, 0.2) is 24.3 Å². The lowest BCUT2D eigenvalue weighted by Gasteiger charge is -2.12. The van der Waals surface area contributed by atoms with E-state index < -0.39 is 0 Å². The van der Waals surface area contributed by atoms with E-state index in [1.165, 1.54) is 103 Å². The molecule has 0 aromatic heterocycles. The molecule has 2 heteroatoms. The van der Waals surface area contributed by atoms with Crippen molar-refractivity contribution in [3.05, 3.63) is 24.3 Å². The summed E-state index contributed by atoms with van der Waals surface area (Å²) in [6.45, 7) is 6.15. The third-order valence-corrected chi connectivity index (χ3v) is 5.50. The monoisotopic (exact) mass is 407 g/mol. The number of hydrogen-bond acceptors (Lipinski definition) is 2. The van der Waals surface area contributed by atoms with E-state index in [-0.39, 0.29) is 6.04 Å². The molecular weight excluding hydrogens is 354 g/mol. The van der Waals surface area contributed by atoms with Gasteiger partial charge in [0.1, 0.15) is 0 Å². The van der Waals surface area contributed by atoms with Gasteiger partial charge in [-0.2, -0.15) is 0 Å². The van der Waals surface area contributed by atoms with Gasteiger partial charge in [0.15, 0.2) is 0 Å². The van der Waals surface area contributed by atoms with Crippen LogP contribution in [0.5, 0.6) is 0 Å². The summed E-state index contributed by atoms with van der Waals surface area (Å²) >= 11 is 0. The molecule has 2 N–H and O–H groups in total. The van der Waals surface area contributed by atoms with E-state index in [2.05, 4.69) is 38.2 Å². The van der Waals surface area contributed by atoms with Crippen LogP contribution < -0.4 is 5.73 Å². The van der Waals surface area contributed by atoms with Gasteiger partial charge in [0, 0.05) is 12.6 Å². The number of allylic oxidation sites excluding steroid dienone is 4. The summed E-state index contributed by atoms with van der Waals surface area (Å²) in [4.78, 5) is 0. The standard InChI is InChI=1S/C27H53NO/c1-3-5-7-9-10-11-12-13-14-15-16-17-18-19-21-23-25-29-26-27(28)24-22-20-8-6-4-2/h10-11,13-14,27H,3-9,12,15-26,28H2,1-2H3/t27-/m0/s1. The second-order valence-corrected chi connectivity index (χ2v) is 8.62. The minimum atomic E-state index is 0.237. The smallest absolute Gasteiger partial charge is 0.0617 e. The summed E-state index contributed by atoms with van der Waals surface area (Å²) in [6, 6.07) is 0.237. The molecule has 0 aliphatic heterocycles. The molecular formula is C27H53NO. The highest BCUT2D eigenvalue weighted by Crippen LogP contribution is 2.09. The predicted molar refractivity (Wildman–Crippen MR) is 132 cm³/mol. The third-order valence-electron chi connectivity index (χ3n) is 5.50. The number of unbranched alkanes of at least 4 members (excludes halogenated alkanes) is 13. The molecule has 1 atom stereocenters. The predicted octanol–water partition coefficient (Wildman–Crippen LogP) is 8.50. The van der Waals surface area contributed by atoms with Gasteiger partial charge in [-0.15, -0.1) is 0 Å². The molecule has 0 spiro atoms. The van der Waals surface area contributed by atoms with Crippen LogP contribution in [0.2, 0.25) is 0 Å². The van der Waals surface area contributed by atoms with E-state index in [1.807, 2.05) is 0 Å². The van der Waals surface area contributed by atoms with Gasteiger partial charge in [-0.05, 0) is 44.9 Å². The Bertz CT molecular complexity index is 350. The summed E-state index contributed by atoms with van der Waals surface area (Å²) < 4.78 is 5.75. The second-order valence-electron chi connectivity index (χ2n) is 8.62. The van der Waals surface area contributed by atoms with Gasteiger partial charge in [0.2, 0.25) is 0 Å². The minimum absolute atomic E-state index is 0.237. The van der Waals surface area contributed by atoms with Crippen molar-refractivity contribution in [1.82, 2.24) is 0 Å². The van der Waals surface area contributed by atoms with Crippen molar-refractivity contribution < 1.29 is 4.74 Å². The lowest BCUT2D eigenvalue weighted by molar-refractivity contribution is 0.114. The van der Waals surface area contributed by atoms with Gasteiger partial charge in [-0.25, -0.2) is 0 Å². The normalized spacial score (nSPS) is 13.1. The van der Waals surface area contributed by atoms with E-state index in [4.69, 9.17) is 10.5 Å². The Morgan fingerprint density at radius 1 is 0.621 bits per heavy atom. The maximum Gasteiger partial charge on any atom is 0.0617 e. The molecule has 29 heavy (non-hydrogen) atoms.